The van der Waals surface area contributed by atoms with Crippen LogP contribution < -0.4 is 4.58 Å². The highest BCUT2D eigenvalue weighted by Gasteiger charge is 2.38. The average molecular weight is 437 g/mol. The quantitative estimate of drug-likeness (QED) is 0.242. The Morgan fingerprint density at radius 3 is 1.85 bits per heavy atom. The van der Waals surface area contributed by atoms with Crippen LogP contribution in [-0.4, -0.2) is 12.8 Å². The minimum atomic E-state index is -4.46. The van der Waals surface area contributed by atoms with Crippen molar-refractivity contribution < 1.29 is 17.9 Å². The number of para-hydroxylation sites is 2. The van der Waals surface area contributed by atoms with Crippen LogP contribution in [0.25, 0.3) is 16.9 Å². The summed E-state index contributed by atoms with van der Waals surface area (Å²) in [5.74, 6) is 0.173. The molecule has 3 aromatic rings. The van der Waals surface area contributed by atoms with Crippen LogP contribution in [0.3, 0.4) is 0 Å². The number of fused-ring (bicyclic) bond motifs is 3. The van der Waals surface area contributed by atoms with Crippen molar-refractivity contribution in [3.63, 3.8) is 0 Å². The van der Waals surface area contributed by atoms with Crippen molar-refractivity contribution >= 4 is 30.0 Å². The first-order chi connectivity index (χ1) is 16.1. The standard InChI is InChI=1S/C27H18BF2NO2/c29-28(30)32-26(19-8-2-1-3-9-19)18-27(33-28)20-14-16-21(17-15-20)31-24-12-6-4-10-22(24)23-11-5-7-13-25(23)31/h1-18H. The third kappa shape index (κ3) is 3.40. The Morgan fingerprint density at radius 1 is 0.636 bits per heavy atom. The maximum absolute atomic E-state index is 14.3. The van der Waals surface area contributed by atoms with E-state index in [1.54, 1.807) is 36.4 Å². The van der Waals surface area contributed by atoms with E-state index in [4.69, 9.17) is 9.31 Å². The van der Waals surface area contributed by atoms with Crippen molar-refractivity contribution in [1.82, 2.24) is 4.58 Å². The lowest BCUT2D eigenvalue weighted by molar-refractivity contribution is 0.172. The maximum Gasteiger partial charge on any atom is 0.725 e. The SMILES string of the molecule is F[B-]1(F)OC(c2ccccc2)=CC(=C2C=CC(=[N+]3c4ccccc4-c4ccccc43)C=C2)O1. The van der Waals surface area contributed by atoms with Gasteiger partial charge in [-0.3, -0.25) is 0 Å². The van der Waals surface area contributed by atoms with Gasteiger partial charge in [-0.05, 0) is 24.3 Å². The normalized spacial score (nSPS) is 17.8. The van der Waals surface area contributed by atoms with Gasteiger partial charge in [0.05, 0.1) is 22.6 Å². The first-order valence-electron chi connectivity index (χ1n) is 10.7. The molecule has 0 amide bonds. The molecule has 6 rings (SSSR count). The Labute approximate surface area is 190 Å². The third-order valence-corrected chi connectivity index (χ3v) is 5.84. The molecule has 6 heteroatoms. The highest BCUT2D eigenvalue weighted by molar-refractivity contribution is 6.53. The van der Waals surface area contributed by atoms with Crippen molar-refractivity contribution in [2.24, 2.45) is 0 Å². The topological polar surface area (TPSA) is 21.5 Å². The first-order valence-corrected chi connectivity index (χ1v) is 10.7. The van der Waals surface area contributed by atoms with Crippen LogP contribution in [0.2, 0.25) is 0 Å². The van der Waals surface area contributed by atoms with Crippen molar-refractivity contribution in [2.45, 2.75) is 0 Å². The number of rotatable bonds is 1. The smallest absolute Gasteiger partial charge is 0.627 e. The predicted molar refractivity (Wildman–Crippen MR) is 128 cm³/mol. The van der Waals surface area contributed by atoms with Gasteiger partial charge in [-0.25, -0.2) is 0 Å². The molecule has 1 aliphatic carbocycles. The zero-order valence-corrected chi connectivity index (χ0v) is 17.5. The van der Waals surface area contributed by atoms with Gasteiger partial charge in [0, 0.05) is 41.5 Å². The van der Waals surface area contributed by atoms with E-state index in [0.717, 1.165) is 28.2 Å². The van der Waals surface area contributed by atoms with Crippen LogP contribution in [0.4, 0.5) is 20.0 Å². The summed E-state index contributed by atoms with van der Waals surface area (Å²) >= 11 is 0. The fraction of sp³-hybridized carbons (Fsp3) is 0. The summed E-state index contributed by atoms with van der Waals surface area (Å²) in [6, 6.07) is 25.3. The molecule has 0 fully saturated rings. The van der Waals surface area contributed by atoms with Crippen LogP contribution in [0.1, 0.15) is 5.56 Å². The lowest BCUT2D eigenvalue weighted by Gasteiger charge is -2.35. The van der Waals surface area contributed by atoms with E-state index >= 15 is 0 Å². The van der Waals surface area contributed by atoms with Gasteiger partial charge in [-0.2, -0.15) is 4.58 Å². The second-order valence-electron chi connectivity index (χ2n) is 7.93. The summed E-state index contributed by atoms with van der Waals surface area (Å²) in [4.78, 5) is 0. The number of hydrogen-bond donors (Lipinski definition) is 0. The second kappa shape index (κ2) is 7.45. The lowest BCUT2D eigenvalue weighted by atomic mass is 10.0. The van der Waals surface area contributed by atoms with Gasteiger partial charge in [0.25, 0.3) is 0 Å². The number of halogens is 2. The van der Waals surface area contributed by atoms with Crippen LogP contribution in [0, 0.1) is 0 Å². The monoisotopic (exact) mass is 437 g/mol. The van der Waals surface area contributed by atoms with E-state index in [1.807, 2.05) is 42.5 Å². The molecule has 160 valence electrons. The largest absolute Gasteiger partial charge is 0.725 e. The van der Waals surface area contributed by atoms with Gasteiger partial charge in [-0.15, -0.1) is 0 Å². The number of allylic oxidation sites excluding steroid dienone is 6. The van der Waals surface area contributed by atoms with Crippen molar-refractivity contribution in [2.75, 3.05) is 0 Å². The number of nitrogens with zero attached hydrogens (tertiary/aromatic N) is 1. The molecule has 3 nitrogen and oxygen atoms in total. The van der Waals surface area contributed by atoms with Crippen molar-refractivity contribution in [3.8, 4) is 11.1 Å². The minimum absolute atomic E-state index is 0.0823. The third-order valence-electron chi connectivity index (χ3n) is 5.84. The number of benzene rings is 3. The van der Waals surface area contributed by atoms with Crippen LogP contribution in [-0.2, 0) is 9.31 Å². The molecular weight excluding hydrogens is 419 g/mol. The summed E-state index contributed by atoms with van der Waals surface area (Å²) in [7, 11) is -4.46. The zero-order valence-electron chi connectivity index (χ0n) is 17.5. The molecule has 2 aliphatic heterocycles. The molecule has 33 heavy (non-hydrogen) atoms. The van der Waals surface area contributed by atoms with Gasteiger partial charge < -0.3 is 17.9 Å². The molecule has 0 radical (unpaired) electrons. The molecule has 0 saturated heterocycles. The molecule has 3 aliphatic rings. The minimum Gasteiger partial charge on any atom is -0.627 e. The molecule has 3 aromatic carbocycles. The molecule has 0 spiro atoms. The summed E-state index contributed by atoms with van der Waals surface area (Å²) < 4.78 is 40.5. The Bertz CT molecular complexity index is 1370. The highest BCUT2D eigenvalue weighted by Crippen LogP contribution is 2.45. The molecule has 2 heterocycles. The lowest BCUT2D eigenvalue weighted by Crippen LogP contribution is -2.34. The van der Waals surface area contributed by atoms with E-state index in [9.17, 15) is 8.63 Å². The Morgan fingerprint density at radius 2 is 1.21 bits per heavy atom. The van der Waals surface area contributed by atoms with Crippen LogP contribution >= 0.6 is 0 Å². The molecule has 0 unspecified atom stereocenters. The van der Waals surface area contributed by atoms with E-state index in [-0.39, 0.29) is 11.5 Å². The van der Waals surface area contributed by atoms with Gasteiger partial charge in [0.2, 0.25) is 17.1 Å². The van der Waals surface area contributed by atoms with Gasteiger partial charge in [-0.1, -0.05) is 54.6 Å². The van der Waals surface area contributed by atoms with Crippen LogP contribution in [0.5, 0.6) is 0 Å². The Hall–Kier alpha value is -4.19. The summed E-state index contributed by atoms with van der Waals surface area (Å²) in [6.45, 7) is 0. The molecule has 0 saturated carbocycles. The molecule has 0 aromatic heterocycles. The van der Waals surface area contributed by atoms with Crippen LogP contribution in [0.15, 0.2) is 121 Å². The maximum atomic E-state index is 14.3. The van der Waals surface area contributed by atoms with E-state index in [0.29, 0.717) is 11.1 Å². The second-order valence-corrected chi connectivity index (χ2v) is 7.93. The Kier molecular flexibility index (Phi) is 4.40. The molecule has 0 atom stereocenters. The predicted octanol–water partition coefficient (Wildman–Crippen LogP) is 6.79. The number of hydrogen-bond acceptors (Lipinski definition) is 2. The van der Waals surface area contributed by atoms with Crippen molar-refractivity contribution in [1.29, 1.82) is 0 Å². The Balaban J connectivity index is 1.44. The van der Waals surface area contributed by atoms with Gasteiger partial charge >= 0.3 is 7.11 Å². The molecule has 0 N–H and O–H groups in total. The van der Waals surface area contributed by atoms with E-state index in [2.05, 4.69) is 28.8 Å². The van der Waals surface area contributed by atoms with Gasteiger partial charge in [0.1, 0.15) is 0 Å². The van der Waals surface area contributed by atoms with Crippen molar-refractivity contribution in [3.05, 3.63) is 126 Å². The summed E-state index contributed by atoms with van der Waals surface area (Å²) in [6.07, 6.45) is 8.95. The molecular formula is C27H18BF2NO2. The fourth-order valence-electron chi connectivity index (χ4n) is 4.39. The highest BCUT2D eigenvalue weighted by atomic mass is 19.3. The summed E-state index contributed by atoms with van der Waals surface area (Å²) in [5, 5.41) is 0. The molecule has 0 bridgehead atoms. The fourth-order valence-corrected chi connectivity index (χ4v) is 4.39. The van der Waals surface area contributed by atoms with Gasteiger partial charge in [0.15, 0.2) is 0 Å². The average Bonchev–Trinajstić information content (AvgIpc) is 3.18. The van der Waals surface area contributed by atoms with E-state index in [1.165, 1.54) is 6.08 Å². The first kappa shape index (κ1) is 19.5. The van der Waals surface area contributed by atoms with E-state index < -0.39 is 7.11 Å². The summed E-state index contributed by atoms with van der Waals surface area (Å²) in [5.41, 5.74) is 6.56. The zero-order chi connectivity index (χ0) is 22.4.